The summed E-state index contributed by atoms with van der Waals surface area (Å²) < 4.78 is 0. The van der Waals surface area contributed by atoms with Crippen LogP contribution >= 0.6 is 23.2 Å². The van der Waals surface area contributed by atoms with Gasteiger partial charge in [0, 0.05) is 37.0 Å². The minimum absolute atomic E-state index is 0.170. The molecule has 1 aliphatic rings. The van der Waals surface area contributed by atoms with Gasteiger partial charge < -0.3 is 10.2 Å². The van der Waals surface area contributed by atoms with Gasteiger partial charge in [0.25, 0.3) is 0 Å². The molecule has 3 amide bonds. The third-order valence-corrected chi connectivity index (χ3v) is 4.29. The van der Waals surface area contributed by atoms with E-state index in [2.05, 4.69) is 15.5 Å². The average Bonchev–Trinajstić information content (AvgIpc) is 2.58. The zero-order valence-electron chi connectivity index (χ0n) is 13.8. The lowest BCUT2D eigenvalue weighted by Gasteiger charge is -2.23. The molecule has 25 heavy (non-hydrogen) atoms. The molecule has 1 saturated heterocycles. The number of imide groups is 1. The van der Waals surface area contributed by atoms with E-state index in [-0.39, 0.29) is 24.7 Å². The highest BCUT2D eigenvalue weighted by molar-refractivity contribution is 6.18. The number of amides is 3. The van der Waals surface area contributed by atoms with Gasteiger partial charge in [0.15, 0.2) is 0 Å². The van der Waals surface area contributed by atoms with E-state index in [0.29, 0.717) is 31.3 Å². The first-order valence-corrected chi connectivity index (χ1v) is 9.19. The maximum absolute atomic E-state index is 12.1. The van der Waals surface area contributed by atoms with Crippen LogP contribution in [0.25, 0.3) is 0 Å². The summed E-state index contributed by atoms with van der Waals surface area (Å²) in [4.78, 5) is 37.0. The Morgan fingerprint density at radius 3 is 2.36 bits per heavy atom. The van der Waals surface area contributed by atoms with Crippen LogP contribution in [-0.2, 0) is 20.8 Å². The second kappa shape index (κ2) is 9.63. The van der Waals surface area contributed by atoms with Gasteiger partial charge in [0.1, 0.15) is 6.04 Å². The highest BCUT2D eigenvalue weighted by Gasteiger charge is 2.27. The van der Waals surface area contributed by atoms with E-state index in [1.807, 2.05) is 24.3 Å². The zero-order chi connectivity index (χ0) is 18.2. The Labute approximate surface area is 156 Å². The van der Waals surface area contributed by atoms with Crippen molar-refractivity contribution in [3.8, 4) is 0 Å². The summed E-state index contributed by atoms with van der Waals surface area (Å²) in [5.41, 5.74) is 1.83. The van der Waals surface area contributed by atoms with Gasteiger partial charge in [-0.1, -0.05) is 12.1 Å². The van der Waals surface area contributed by atoms with Gasteiger partial charge in [0.2, 0.25) is 17.7 Å². The topological polar surface area (TPSA) is 78.5 Å². The fraction of sp³-hybridized carbons (Fsp3) is 0.471. The summed E-state index contributed by atoms with van der Waals surface area (Å²) in [6.07, 6.45) is 0.743. The van der Waals surface area contributed by atoms with Crippen molar-refractivity contribution in [2.45, 2.75) is 25.3 Å². The number of piperidine rings is 1. The van der Waals surface area contributed by atoms with Crippen LogP contribution in [-0.4, -0.2) is 48.6 Å². The minimum Gasteiger partial charge on any atom is -0.369 e. The van der Waals surface area contributed by atoms with E-state index in [1.165, 1.54) is 0 Å². The van der Waals surface area contributed by atoms with Gasteiger partial charge in [-0.25, -0.2) is 0 Å². The van der Waals surface area contributed by atoms with Crippen LogP contribution in [0.4, 0.5) is 5.69 Å². The summed E-state index contributed by atoms with van der Waals surface area (Å²) in [7, 11) is 0. The first-order valence-electron chi connectivity index (χ1n) is 8.12. The molecule has 136 valence electrons. The smallest absolute Gasteiger partial charge is 0.249 e. The van der Waals surface area contributed by atoms with Crippen molar-refractivity contribution in [1.82, 2.24) is 10.6 Å². The maximum atomic E-state index is 12.1. The number of nitrogens with zero attached hydrogens (tertiary/aromatic N) is 1. The molecule has 0 bridgehead atoms. The molecule has 1 aromatic rings. The second-order valence-electron chi connectivity index (χ2n) is 5.78. The van der Waals surface area contributed by atoms with Crippen molar-refractivity contribution in [1.29, 1.82) is 0 Å². The Balaban J connectivity index is 1.90. The average molecular weight is 386 g/mol. The van der Waals surface area contributed by atoms with Crippen LogP contribution in [0, 0.1) is 0 Å². The SMILES string of the molecule is O=C1CCC(NC(=O)Cc2ccc(N(CCCl)CCCl)cc2)C(=O)N1. The number of carbonyl (C=O) groups is 3. The second-order valence-corrected chi connectivity index (χ2v) is 6.54. The Kier molecular flexibility index (Phi) is 7.52. The van der Waals surface area contributed by atoms with Crippen molar-refractivity contribution in [2.75, 3.05) is 29.7 Å². The molecule has 1 aromatic carbocycles. The lowest BCUT2D eigenvalue weighted by Crippen LogP contribution is -2.52. The summed E-state index contributed by atoms with van der Waals surface area (Å²) in [6, 6.07) is 6.94. The lowest BCUT2D eigenvalue weighted by atomic mass is 10.1. The monoisotopic (exact) mass is 385 g/mol. The molecule has 2 N–H and O–H groups in total. The molecule has 0 spiro atoms. The van der Waals surface area contributed by atoms with E-state index < -0.39 is 11.9 Å². The highest BCUT2D eigenvalue weighted by Crippen LogP contribution is 2.16. The molecule has 1 aliphatic heterocycles. The molecule has 0 saturated carbocycles. The van der Waals surface area contributed by atoms with Gasteiger partial charge in [-0.05, 0) is 24.1 Å². The molecule has 6 nitrogen and oxygen atoms in total. The molecule has 1 unspecified atom stereocenters. The van der Waals surface area contributed by atoms with Crippen LogP contribution < -0.4 is 15.5 Å². The lowest BCUT2D eigenvalue weighted by molar-refractivity contribution is -0.137. The number of carbonyl (C=O) groups excluding carboxylic acids is 3. The van der Waals surface area contributed by atoms with E-state index in [0.717, 1.165) is 11.3 Å². The maximum Gasteiger partial charge on any atom is 0.249 e. The standard InChI is InChI=1S/C17H21Cl2N3O3/c18-7-9-22(10-8-19)13-3-1-12(2-4-13)11-16(24)20-14-5-6-15(23)21-17(14)25/h1-4,14H,5-11H2,(H,20,24)(H,21,23,25). The van der Waals surface area contributed by atoms with Crippen LogP contribution in [0.1, 0.15) is 18.4 Å². The van der Waals surface area contributed by atoms with E-state index in [9.17, 15) is 14.4 Å². The zero-order valence-corrected chi connectivity index (χ0v) is 15.3. The van der Waals surface area contributed by atoms with Gasteiger partial charge in [-0.2, -0.15) is 0 Å². The van der Waals surface area contributed by atoms with Crippen LogP contribution in [0.15, 0.2) is 24.3 Å². The molecular weight excluding hydrogens is 365 g/mol. The number of hydrogen-bond acceptors (Lipinski definition) is 4. The first-order chi connectivity index (χ1) is 12.0. The summed E-state index contributed by atoms with van der Waals surface area (Å²) >= 11 is 11.6. The van der Waals surface area contributed by atoms with Crippen molar-refractivity contribution >= 4 is 46.6 Å². The number of alkyl halides is 2. The quantitative estimate of drug-likeness (QED) is 0.524. The van der Waals surface area contributed by atoms with Gasteiger partial charge in [0.05, 0.1) is 6.42 Å². The third kappa shape index (κ3) is 5.90. The molecule has 0 aromatic heterocycles. The first kappa shape index (κ1) is 19.5. The predicted octanol–water partition coefficient (Wildman–Crippen LogP) is 1.43. The van der Waals surface area contributed by atoms with Crippen LogP contribution in [0.5, 0.6) is 0 Å². The van der Waals surface area contributed by atoms with Crippen molar-refractivity contribution in [3.05, 3.63) is 29.8 Å². The summed E-state index contributed by atoms with van der Waals surface area (Å²) in [5.74, 6) is 0.0166. The molecular formula is C17H21Cl2N3O3. The van der Waals surface area contributed by atoms with Crippen LogP contribution in [0.3, 0.4) is 0 Å². The summed E-state index contributed by atoms with van der Waals surface area (Å²) in [5, 5.41) is 4.89. The molecule has 1 fully saturated rings. The fourth-order valence-electron chi connectivity index (χ4n) is 2.66. The number of halogens is 2. The number of rotatable bonds is 8. The minimum atomic E-state index is -0.646. The Hall–Kier alpha value is -1.79. The van der Waals surface area contributed by atoms with E-state index >= 15 is 0 Å². The van der Waals surface area contributed by atoms with Crippen LogP contribution in [0.2, 0.25) is 0 Å². The molecule has 1 atom stereocenters. The molecule has 0 aliphatic carbocycles. The number of benzene rings is 1. The predicted molar refractivity (Wildman–Crippen MR) is 98.1 cm³/mol. The molecule has 2 rings (SSSR count). The Bertz CT molecular complexity index is 616. The Morgan fingerprint density at radius 1 is 1.16 bits per heavy atom. The van der Waals surface area contributed by atoms with Crippen molar-refractivity contribution in [3.63, 3.8) is 0 Å². The fourth-order valence-corrected chi connectivity index (χ4v) is 3.07. The summed E-state index contributed by atoms with van der Waals surface area (Å²) in [6.45, 7) is 1.40. The molecule has 8 heteroatoms. The van der Waals surface area contributed by atoms with E-state index in [1.54, 1.807) is 0 Å². The number of anilines is 1. The third-order valence-electron chi connectivity index (χ3n) is 3.95. The highest BCUT2D eigenvalue weighted by atomic mass is 35.5. The molecule has 1 heterocycles. The normalized spacial score (nSPS) is 17.1. The van der Waals surface area contributed by atoms with Gasteiger partial charge in [-0.3, -0.25) is 19.7 Å². The molecule has 0 radical (unpaired) electrons. The largest absolute Gasteiger partial charge is 0.369 e. The van der Waals surface area contributed by atoms with Gasteiger partial charge in [-0.15, -0.1) is 23.2 Å². The van der Waals surface area contributed by atoms with E-state index in [4.69, 9.17) is 23.2 Å². The van der Waals surface area contributed by atoms with Crippen molar-refractivity contribution in [2.24, 2.45) is 0 Å². The Morgan fingerprint density at radius 2 is 1.80 bits per heavy atom. The van der Waals surface area contributed by atoms with Crippen molar-refractivity contribution < 1.29 is 14.4 Å². The number of hydrogen-bond donors (Lipinski definition) is 2. The number of nitrogens with one attached hydrogen (secondary N) is 2. The van der Waals surface area contributed by atoms with Gasteiger partial charge >= 0.3 is 0 Å².